The van der Waals surface area contributed by atoms with Crippen molar-refractivity contribution in [1.82, 2.24) is 4.90 Å². The summed E-state index contributed by atoms with van der Waals surface area (Å²) in [5.41, 5.74) is 2.45. The maximum Gasteiger partial charge on any atom is 0.253 e. The monoisotopic (exact) mass is 408 g/mol. The smallest absolute Gasteiger partial charge is 0.253 e. The average Bonchev–Trinajstić information content (AvgIpc) is 2.95. The van der Waals surface area contributed by atoms with E-state index in [1.54, 1.807) is 18.2 Å². The molecule has 2 unspecified atom stereocenters. The third-order valence-corrected chi connectivity index (χ3v) is 6.50. The Hall–Kier alpha value is -2.51. The van der Waals surface area contributed by atoms with Crippen LogP contribution in [0.4, 0.5) is 0 Å². The first kappa shape index (κ1) is 19.8. The molecule has 4 rings (SSSR count). The number of carbonyl (C=O) groups excluding carboxylic acids is 1. The molecule has 1 saturated carbocycles. The first-order valence-electron chi connectivity index (χ1n) is 10.2. The molecule has 5 heteroatoms. The van der Waals surface area contributed by atoms with Crippen molar-refractivity contribution in [3.05, 3.63) is 64.2 Å². The number of carbonyl (C=O) groups is 1. The standard InChI is InChI=1S/C24H25ClN2O2/c1-15(2)16-3-5-17(6-4-16)24(28)27-13-19-7-8-20(14-27)23(19)29-21-10-9-18(12-26)22(25)11-21/h3-6,9-11,15,19-20,23H,7-8,13-14H2,1-2H3. The maximum absolute atomic E-state index is 13.0. The minimum Gasteiger partial charge on any atom is -0.490 e. The second-order valence-electron chi connectivity index (χ2n) is 8.42. The second-order valence-corrected chi connectivity index (χ2v) is 8.83. The molecule has 1 saturated heterocycles. The lowest BCUT2D eigenvalue weighted by Gasteiger charge is -2.38. The number of likely N-dealkylation sites (tertiary alicyclic amines) is 1. The molecule has 2 fully saturated rings. The van der Waals surface area contributed by atoms with Crippen LogP contribution >= 0.6 is 11.6 Å². The molecule has 29 heavy (non-hydrogen) atoms. The molecule has 2 aliphatic rings. The summed E-state index contributed by atoms with van der Waals surface area (Å²) in [6, 6.07) is 15.3. The van der Waals surface area contributed by atoms with Crippen LogP contribution in [0.25, 0.3) is 0 Å². The van der Waals surface area contributed by atoms with E-state index in [0.29, 0.717) is 34.1 Å². The second kappa shape index (κ2) is 8.08. The average molecular weight is 409 g/mol. The van der Waals surface area contributed by atoms with E-state index in [9.17, 15) is 4.79 Å². The van der Waals surface area contributed by atoms with Gasteiger partial charge in [0.2, 0.25) is 0 Å². The number of hydrogen-bond acceptors (Lipinski definition) is 3. The van der Waals surface area contributed by atoms with Gasteiger partial charge in [-0.15, -0.1) is 0 Å². The van der Waals surface area contributed by atoms with E-state index >= 15 is 0 Å². The normalized spacial score (nSPS) is 23.1. The zero-order valence-corrected chi connectivity index (χ0v) is 17.5. The van der Waals surface area contributed by atoms with Crippen LogP contribution in [0.3, 0.4) is 0 Å². The Morgan fingerprint density at radius 1 is 1.14 bits per heavy atom. The highest BCUT2D eigenvalue weighted by atomic mass is 35.5. The van der Waals surface area contributed by atoms with Gasteiger partial charge >= 0.3 is 0 Å². The van der Waals surface area contributed by atoms with Crippen LogP contribution in [-0.2, 0) is 0 Å². The molecule has 0 N–H and O–H groups in total. The number of ether oxygens (including phenoxy) is 1. The fraction of sp³-hybridized carbons (Fsp3) is 0.417. The van der Waals surface area contributed by atoms with E-state index in [2.05, 4.69) is 32.0 Å². The molecular formula is C24H25ClN2O2. The van der Waals surface area contributed by atoms with Gasteiger partial charge in [0.05, 0.1) is 10.6 Å². The number of rotatable bonds is 4. The minimum absolute atomic E-state index is 0.0892. The van der Waals surface area contributed by atoms with Gasteiger partial charge in [-0.1, -0.05) is 37.6 Å². The van der Waals surface area contributed by atoms with E-state index in [-0.39, 0.29) is 12.0 Å². The number of benzene rings is 2. The Bertz CT molecular complexity index is 934. The van der Waals surface area contributed by atoms with Crippen LogP contribution < -0.4 is 4.74 Å². The zero-order chi connectivity index (χ0) is 20.5. The van der Waals surface area contributed by atoms with Crippen LogP contribution in [-0.4, -0.2) is 30.0 Å². The molecule has 4 nitrogen and oxygen atoms in total. The Morgan fingerprint density at radius 2 is 1.79 bits per heavy atom. The Morgan fingerprint density at radius 3 is 2.34 bits per heavy atom. The molecule has 150 valence electrons. The predicted molar refractivity (Wildman–Crippen MR) is 113 cm³/mol. The van der Waals surface area contributed by atoms with Crippen molar-refractivity contribution >= 4 is 17.5 Å². The van der Waals surface area contributed by atoms with Gasteiger partial charge in [0, 0.05) is 36.6 Å². The summed E-state index contributed by atoms with van der Waals surface area (Å²) < 4.78 is 6.27. The van der Waals surface area contributed by atoms with Crippen LogP contribution in [0, 0.1) is 23.2 Å². The van der Waals surface area contributed by atoms with Crippen molar-refractivity contribution in [2.45, 2.75) is 38.7 Å². The molecule has 1 heterocycles. The van der Waals surface area contributed by atoms with Gasteiger partial charge < -0.3 is 9.64 Å². The molecule has 1 aliphatic heterocycles. The van der Waals surface area contributed by atoms with E-state index in [1.807, 2.05) is 17.0 Å². The molecule has 1 amide bonds. The third kappa shape index (κ3) is 3.97. The number of halogens is 1. The highest BCUT2D eigenvalue weighted by Gasteiger charge is 2.45. The fourth-order valence-corrected chi connectivity index (χ4v) is 4.75. The topological polar surface area (TPSA) is 53.3 Å². The van der Waals surface area contributed by atoms with E-state index in [4.69, 9.17) is 21.6 Å². The van der Waals surface area contributed by atoms with Crippen LogP contribution in [0.2, 0.25) is 5.02 Å². The van der Waals surface area contributed by atoms with Gasteiger partial charge in [0.15, 0.2) is 0 Å². The van der Waals surface area contributed by atoms with Gasteiger partial charge in [0.1, 0.15) is 17.9 Å². The quantitative estimate of drug-likeness (QED) is 0.692. The SMILES string of the molecule is CC(C)c1ccc(C(=O)N2CC3CCC(C2)C3Oc2ccc(C#N)c(Cl)c2)cc1. The van der Waals surface area contributed by atoms with Crippen molar-refractivity contribution in [3.63, 3.8) is 0 Å². The summed E-state index contributed by atoms with van der Waals surface area (Å²) >= 11 is 6.14. The fourth-order valence-electron chi connectivity index (χ4n) is 4.54. The minimum atomic E-state index is 0.0892. The van der Waals surface area contributed by atoms with Crippen LogP contribution in [0.15, 0.2) is 42.5 Å². The number of nitrogens with zero attached hydrogens (tertiary/aromatic N) is 2. The zero-order valence-electron chi connectivity index (χ0n) is 16.8. The molecule has 2 bridgehead atoms. The molecule has 2 atom stereocenters. The predicted octanol–water partition coefficient (Wildman–Crippen LogP) is 5.26. The highest BCUT2D eigenvalue weighted by molar-refractivity contribution is 6.31. The van der Waals surface area contributed by atoms with Crippen molar-refractivity contribution < 1.29 is 9.53 Å². The summed E-state index contributed by atoms with van der Waals surface area (Å²) in [7, 11) is 0. The maximum atomic E-state index is 13.0. The van der Waals surface area contributed by atoms with E-state index < -0.39 is 0 Å². The Kier molecular flexibility index (Phi) is 5.52. The number of fused-ring (bicyclic) bond motifs is 2. The molecule has 1 aliphatic carbocycles. The molecule has 2 aromatic carbocycles. The summed E-state index contributed by atoms with van der Waals surface area (Å²) in [5, 5.41) is 9.44. The summed E-state index contributed by atoms with van der Waals surface area (Å²) in [4.78, 5) is 15.0. The molecular weight excluding hydrogens is 384 g/mol. The Labute approximate surface area is 177 Å². The highest BCUT2D eigenvalue weighted by Crippen LogP contribution is 2.40. The lowest BCUT2D eigenvalue weighted by atomic mass is 9.93. The third-order valence-electron chi connectivity index (χ3n) is 6.19. The number of hydrogen-bond donors (Lipinski definition) is 0. The van der Waals surface area contributed by atoms with Gasteiger partial charge in [-0.2, -0.15) is 5.26 Å². The number of piperidine rings is 1. The Balaban J connectivity index is 1.44. The van der Waals surface area contributed by atoms with E-state index in [0.717, 1.165) is 31.5 Å². The molecule has 0 radical (unpaired) electrons. The largest absolute Gasteiger partial charge is 0.490 e. The molecule has 0 spiro atoms. The van der Waals surface area contributed by atoms with E-state index in [1.165, 1.54) is 5.56 Å². The van der Waals surface area contributed by atoms with Crippen molar-refractivity contribution in [1.29, 1.82) is 5.26 Å². The summed E-state index contributed by atoms with van der Waals surface area (Å²) in [6.45, 7) is 5.74. The van der Waals surface area contributed by atoms with Gasteiger partial charge in [-0.05, 0) is 48.6 Å². The van der Waals surface area contributed by atoms with Crippen molar-refractivity contribution in [2.75, 3.05) is 13.1 Å². The molecule has 0 aromatic heterocycles. The first-order chi connectivity index (χ1) is 14.0. The van der Waals surface area contributed by atoms with Crippen molar-refractivity contribution in [2.24, 2.45) is 11.8 Å². The summed E-state index contributed by atoms with van der Waals surface area (Å²) in [5.74, 6) is 1.90. The molecule has 2 aromatic rings. The van der Waals surface area contributed by atoms with Crippen molar-refractivity contribution in [3.8, 4) is 11.8 Å². The number of amides is 1. The lowest BCUT2D eigenvalue weighted by Crippen LogP contribution is -2.49. The first-order valence-corrected chi connectivity index (χ1v) is 10.6. The summed E-state index contributed by atoms with van der Waals surface area (Å²) in [6.07, 6.45) is 2.22. The number of nitriles is 1. The lowest BCUT2D eigenvalue weighted by molar-refractivity contribution is 0.0287. The van der Waals surface area contributed by atoms with Gasteiger partial charge in [-0.25, -0.2) is 0 Å². The van der Waals surface area contributed by atoms with Gasteiger partial charge in [-0.3, -0.25) is 4.79 Å². The van der Waals surface area contributed by atoms with Crippen LogP contribution in [0.5, 0.6) is 5.75 Å². The van der Waals surface area contributed by atoms with Gasteiger partial charge in [0.25, 0.3) is 5.91 Å². The van der Waals surface area contributed by atoms with Crippen LogP contribution in [0.1, 0.15) is 54.1 Å².